The fraction of sp³-hybridized carbons (Fsp3) is 0.133. The normalized spacial score (nSPS) is 9.90. The van der Waals surface area contributed by atoms with Gasteiger partial charge in [0, 0.05) is 6.20 Å². The highest BCUT2D eigenvalue weighted by Crippen LogP contribution is 2.19. The molecule has 1 aromatic carbocycles. The lowest BCUT2D eigenvalue weighted by Crippen LogP contribution is -2.25. The second-order valence-corrected chi connectivity index (χ2v) is 4.31. The number of carboxylic acids is 1. The van der Waals surface area contributed by atoms with Gasteiger partial charge in [-0.2, -0.15) is 5.26 Å². The maximum atomic E-state index is 12.0. The van der Waals surface area contributed by atoms with Gasteiger partial charge in [-0.05, 0) is 29.8 Å². The van der Waals surface area contributed by atoms with E-state index in [1.165, 1.54) is 30.0 Å². The number of hydrogen-bond donors (Lipinski definition) is 1. The molecular formula is C15H12N2O4. The Balaban J connectivity index is 2.40. The summed E-state index contributed by atoms with van der Waals surface area (Å²) in [7, 11) is 1.46. The average molecular weight is 284 g/mol. The van der Waals surface area contributed by atoms with Crippen LogP contribution in [0.15, 0.2) is 41.3 Å². The van der Waals surface area contributed by atoms with Crippen molar-refractivity contribution in [3.63, 3.8) is 0 Å². The number of hydrogen-bond acceptors (Lipinski definition) is 4. The number of rotatable bonds is 4. The number of aromatic carboxylic acids is 1. The lowest BCUT2D eigenvalue weighted by atomic mass is 10.1. The summed E-state index contributed by atoms with van der Waals surface area (Å²) in [4.78, 5) is 22.9. The number of nitrogens with zero attached hydrogens (tertiary/aromatic N) is 2. The van der Waals surface area contributed by atoms with Gasteiger partial charge in [0.2, 0.25) is 0 Å². The van der Waals surface area contributed by atoms with Crippen molar-refractivity contribution >= 4 is 5.97 Å². The molecule has 0 amide bonds. The van der Waals surface area contributed by atoms with E-state index in [1.54, 1.807) is 18.2 Å². The van der Waals surface area contributed by atoms with Crippen molar-refractivity contribution < 1.29 is 14.6 Å². The van der Waals surface area contributed by atoms with E-state index >= 15 is 0 Å². The van der Waals surface area contributed by atoms with E-state index < -0.39 is 11.5 Å². The van der Waals surface area contributed by atoms with Crippen LogP contribution in [0.5, 0.6) is 5.75 Å². The van der Waals surface area contributed by atoms with Gasteiger partial charge in [-0.1, -0.05) is 6.07 Å². The molecule has 0 saturated carbocycles. The molecule has 0 saturated heterocycles. The molecule has 1 aromatic heterocycles. The van der Waals surface area contributed by atoms with Gasteiger partial charge in [0.25, 0.3) is 5.56 Å². The van der Waals surface area contributed by atoms with Crippen LogP contribution in [0.25, 0.3) is 0 Å². The van der Waals surface area contributed by atoms with Crippen LogP contribution < -0.4 is 10.3 Å². The van der Waals surface area contributed by atoms with E-state index in [-0.39, 0.29) is 12.1 Å². The van der Waals surface area contributed by atoms with Gasteiger partial charge in [0.1, 0.15) is 17.4 Å². The van der Waals surface area contributed by atoms with Gasteiger partial charge in [0.15, 0.2) is 0 Å². The zero-order chi connectivity index (χ0) is 15.4. The second kappa shape index (κ2) is 5.92. The number of carbonyl (C=O) groups is 1. The molecule has 21 heavy (non-hydrogen) atoms. The van der Waals surface area contributed by atoms with E-state index in [2.05, 4.69) is 0 Å². The maximum absolute atomic E-state index is 12.0. The third-order valence-electron chi connectivity index (χ3n) is 2.99. The zero-order valence-electron chi connectivity index (χ0n) is 11.2. The van der Waals surface area contributed by atoms with Crippen molar-refractivity contribution in [1.82, 2.24) is 4.57 Å². The lowest BCUT2D eigenvalue weighted by molar-refractivity contribution is 0.0694. The van der Waals surface area contributed by atoms with Gasteiger partial charge in [-0.3, -0.25) is 4.79 Å². The topological polar surface area (TPSA) is 92.3 Å². The van der Waals surface area contributed by atoms with E-state index in [0.29, 0.717) is 11.3 Å². The Morgan fingerprint density at radius 2 is 2.19 bits per heavy atom. The third kappa shape index (κ3) is 2.92. The van der Waals surface area contributed by atoms with Crippen LogP contribution in [0.3, 0.4) is 0 Å². The van der Waals surface area contributed by atoms with Gasteiger partial charge in [-0.25, -0.2) is 4.79 Å². The monoisotopic (exact) mass is 284 g/mol. The molecule has 0 atom stereocenters. The molecule has 0 radical (unpaired) electrons. The zero-order valence-corrected chi connectivity index (χ0v) is 11.2. The van der Waals surface area contributed by atoms with Crippen molar-refractivity contribution in [2.45, 2.75) is 6.54 Å². The smallest absolute Gasteiger partial charge is 0.341 e. The summed E-state index contributed by atoms with van der Waals surface area (Å²) in [5.74, 6) is -0.843. The lowest BCUT2D eigenvalue weighted by Gasteiger charge is -2.09. The molecule has 0 spiro atoms. The molecule has 2 rings (SSSR count). The summed E-state index contributed by atoms with van der Waals surface area (Å²) in [6.07, 6.45) is 1.51. The molecule has 0 aliphatic carbocycles. The Bertz CT molecular complexity index is 787. The van der Waals surface area contributed by atoms with E-state index in [1.807, 2.05) is 6.07 Å². The van der Waals surface area contributed by atoms with Gasteiger partial charge >= 0.3 is 5.97 Å². The van der Waals surface area contributed by atoms with E-state index in [9.17, 15) is 9.59 Å². The Kier molecular flexibility index (Phi) is 4.05. The van der Waals surface area contributed by atoms with Crippen molar-refractivity contribution in [2.24, 2.45) is 0 Å². The van der Waals surface area contributed by atoms with Crippen LogP contribution in [0.1, 0.15) is 21.5 Å². The molecular weight excluding hydrogens is 272 g/mol. The number of benzene rings is 1. The van der Waals surface area contributed by atoms with E-state index in [0.717, 1.165) is 5.56 Å². The largest absolute Gasteiger partial charge is 0.495 e. The summed E-state index contributed by atoms with van der Waals surface area (Å²) in [5.41, 5.74) is 0.273. The molecule has 0 fully saturated rings. The van der Waals surface area contributed by atoms with Crippen LogP contribution in [0.2, 0.25) is 0 Å². The molecule has 0 aliphatic rings. The first-order chi connectivity index (χ1) is 10.1. The molecule has 6 nitrogen and oxygen atoms in total. The van der Waals surface area contributed by atoms with E-state index in [4.69, 9.17) is 15.1 Å². The molecule has 1 heterocycles. The summed E-state index contributed by atoms with van der Waals surface area (Å²) in [6.45, 7) is 0.196. The Labute approximate surface area is 120 Å². The number of nitriles is 1. The summed E-state index contributed by atoms with van der Waals surface area (Å²) in [6, 6.07) is 9.72. The molecule has 106 valence electrons. The second-order valence-electron chi connectivity index (χ2n) is 4.31. The highest BCUT2D eigenvalue weighted by atomic mass is 16.5. The van der Waals surface area contributed by atoms with Gasteiger partial charge in [-0.15, -0.1) is 0 Å². The molecule has 0 aliphatic heterocycles. The van der Waals surface area contributed by atoms with Crippen LogP contribution in [0.4, 0.5) is 0 Å². The average Bonchev–Trinajstić information content (AvgIpc) is 2.48. The minimum absolute atomic E-state index is 0.196. The maximum Gasteiger partial charge on any atom is 0.341 e. The Morgan fingerprint density at radius 3 is 2.81 bits per heavy atom. The van der Waals surface area contributed by atoms with Crippen LogP contribution in [-0.2, 0) is 6.54 Å². The molecule has 0 bridgehead atoms. The molecule has 0 unspecified atom stereocenters. The fourth-order valence-corrected chi connectivity index (χ4v) is 1.95. The highest BCUT2D eigenvalue weighted by molar-refractivity contribution is 5.86. The Hall–Kier alpha value is -3.07. The molecule has 1 N–H and O–H groups in total. The van der Waals surface area contributed by atoms with Gasteiger partial charge in [0.05, 0.1) is 19.2 Å². The number of pyridine rings is 1. The van der Waals surface area contributed by atoms with Crippen LogP contribution in [-0.4, -0.2) is 22.8 Å². The van der Waals surface area contributed by atoms with Crippen molar-refractivity contribution in [3.8, 4) is 11.8 Å². The minimum Gasteiger partial charge on any atom is -0.495 e. The first kappa shape index (κ1) is 14.3. The quantitative estimate of drug-likeness (QED) is 0.917. The first-order valence-corrected chi connectivity index (χ1v) is 6.06. The van der Waals surface area contributed by atoms with Crippen molar-refractivity contribution in [2.75, 3.05) is 7.11 Å². The predicted octanol–water partition coefficient (Wildman–Crippen LogP) is 1.48. The molecule has 2 aromatic rings. The Morgan fingerprint density at radius 1 is 1.43 bits per heavy atom. The van der Waals surface area contributed by atoms with Crippen molar-refractivity contribution in [3.05, 3.63) is 63.6 Å². The number of aromatic nitrogens is 1. The van der Waals surface area contributed by atoms with Crippen LogP contribution >= 0.6 is 0 Å². The summed E-state index contributed by atoms with van der Waals surface area (Å²) >= 11 is 0. The van der Waals surface area contributed by atoms with Crippen LogP contribution in [0, 0.1) is 11.3 Å². The SMILES string of the molecule is COc1cc(Cn2cccc(C(=O)O)c2=O)ccc1C#N. The van der Waals surface area contributed by atoms with Gasteiger partial charge < -0.3 is 14.4 Å². The number of carboxylic acid groups (broad SMARTS) is 1. The number of methoxy groups -OCH3 is 1. The standard InChI is InChI=1S/C15H12N2O4/c1-21-13-7-10(4-5-11(13)8-16)9-17-6-2-3-12(14(17)18)15(19)20/h2-7H,9H2,1H3,(H,19,20). The fourth-order valence-electron chi connectivity index (χ4n) is 1.95. The highest BCUT2D eigenvalue weighted by Gasteiger charge is 2.11. The third-order valence-corrected chi connectivity index (χ3v) is 2.99. The number of ether oxygens (including phenoxy) is 1. The predicted molar refractivity (Wildman–Crippen MR) is 74.5 cm³/mol. The molecule has 6 heteroatoms. The summed E-state index contributed by atoms with van der Waals surface area (Å²) < 4.78 is 6.40. The first-order valence-electron chi connectivity index (χ1n) is 6.06. The minimum atomic E-state index is -1.26. The van der Waals surface area contributed by atoms with Crippen molar-refractivity contribution in [1.29, 1.82) is 5.26 Å². The summed E-state index contributed by atoms with van der Waals surface area (Å²) in [5, 5.41) is 17.9.